The highest BCUT2D eigenvalue weighted by Crippen LogP contribution is 2.32. The molecule has 0 unspecified atom stereocenters. The molecule has 0 N–H and O–H groups in total. The fraction of sp³-hybridized carbons (Fsp3) is 0.0500. The summed E-state index contributed by atoms with van der Waals surface area (Å²) in [7, 11) is 0. The number of hydrogen-bond donors (Lipinski definition) is 0. The van der Waals surface area contributed by atoms with Gasteiger partial charge in [0.2, 0.25) is 0 Å². The molecular formula is C40H30N8. The molecule has 0 radical (unpaired) electrons. The van der Waals surface area contributed by atoms with Gasteiger partial charge in [-0.2, -0.15) is 0 Å². The van der Waals surface area contributed by atoms with Gasteiger partial charge in [0.05, 0.1) is 34.6 Å². The fourth-order valence-electron chi connectivity index (χ4n) is 6.18. The Hall–Kier alpha value is -6.54. The second-order valence-electron chi connectivity index (χ2n) is 11.3. The Morgan fingerprint density at radius 2 is 0.667 bits per heavy atom. The molecule has 8 heteroatoms. The van der Waals surface area contributed by atoms with E-state index in [0.29, 0.717) is 0 Å². The Kier molecular flexibility index (Phi) is 7.86. The van der Waals surface area contributed by atoms with Crippen molar-refractivity contribution in [2.45, 2.75) is 11.8 Å². The van der Waals surface area contributed by atoms with Crippen LogP contribution in [0.3, 0.4) is 0 Å². The first kappa shape index (κ1) is 28.9. The van der Waals surface area contributed by atoms with Crippen LogP contribution in [0.5, 0.6) is 0 Å². The molecule has 8 nitrogen and oxygen atoms in total. The van der Waals surface area contributed by atoms with E-state index in [4.69, 9.17) is 9.97 Å². The van der Waals surface area contributed by atoms with Gasteiger partial charge in [-0.05, 0) is 83.9 Å². The van der Waals surface area contributed by atoms with Crippen molar-refractivity contribution in [3.8, 4) is 23.0 Å². The molecule has 6 aromatic heterocycles. The number of nitrogens with zero attached hydrogens (tertiary/aromatic N) is 8. The van der Waals surface area contributed by atoms with E-state index < -0.39 is 0 Å². The summed E-state index contributed by atoms with van der Waals surface area (Å²) >= 11 is 0. The molecule has 8 rings (SSSR count). The lowest BCUT2D eigenvalue weighted by molar-refractivity contribution is 0.873. The van der Waals surface area contributed by atoms with Crippen LogP contribution >= 0.6 is 0 Å². The van der Waals surface area contributed by atoms with E-state index in [1.165, 1.54) is 0 Å². The predicted molar refractivity (Wildman–Crippen MR) is 185 cm³/mol. The first-order chi connectivity index (χ1) is 23.8. The Balaban J connectivity index is 1.10. The molecular weight excluding hydrogens is 592 g/mol. The highest BCUT2D eigenvalue weighted by molar-refractivity contribution is 5.56. The van der Waals surface area contributed by atoms with Crippen molar-refractivity contribution < 1.29 is 0 Å². The average Bonchev–Trinajstić information content (AvgIpc) is 3.85. The van der Waals surface area contributed by atoms with Crippen LogP contribution in [-0.4, -0.2) is 39.0 Å². The van der Waals surface area contributed by atoms with E-state index >= 15 is 0 Å². The molecule has 0 atom stereocenters. The van der Waals surface area contributed by atoms with Gasteiger partial charge in [-0.25, -0.2) is 9.97 Å². The van der Waals surface area contributed by atoms with Crippen LogP contribution in [0.1, 0.15) is 45.7 Å². The van der Waals surface area contributed by atoms with E-state index in [1.54, 1.807) is 12.4 Å². The average molecular weight is 623 g/mol. The van der Waals surface area contributed by atoms with Crippen LogP contribution < -0.4 is 0 Å². The quantitative estimate of drug-likeness (QED) is 0.164. The SMILES string of the molecule is c1ccc(C(c2ccc(-n3ccnc3-c3nccn3-c3ccc(C(c4ccccn4)c4ccccn4)cc3)cc2)c2ccccn2)nc1. The number of benzene rings is 2. The molecule has 8 aromatic rings. The highest BCUT2D eigenvalue weighted by Gasteiger charge is 2.22. The lowest BCUT2D eigenvalue weighted by Gasteiger charge is -2.18. The van der Waals surface area contributed by atoms with Gasteiger partial charge in [-0.1, -0.05) is 48.5 Å². The number of hydrogen-bond acceptors (Lipinski definition) is 6. The molecule has 6 heterocycles. The highest BCUT2D eigenvalue weighted by atomic mass is 15.2. The second-order valence-corrected chi connectivity index (χ2v) is 11.3. The maximum Gasteiger partial charge on any atom is 0.181 e. The fourth-order valence-corrected chi connectivity index (χ4v) is 6.18. The van der Waals surface area contributed by atoms with Crippen molar-refractivity contribution in [2.24, 2.45) is 0 Å². The van der Waals surface area contributed by atoms with E-state index in [-0.39, 0.29) is 11.8 Å². The minimum Gasteiger partial charge on any atom is -0.297 e. The Bertz CT molecular complexity index is 1970. The molecule has 0 saturated carbocycles. The van der Waals surface area contributed by atoms with Gasteiger partial charge in [-0.15, -0.1) is 0 Å². The molecule has 0 saturated heterocycles. The van der Waals surface area contributed by atoms with Crippen LogP contribution in [-0.2, 0) is 0 Å². The second kappa shape index (κ2) is 13.1. The van der Waals surface area contributed by atoms with Crippen molar-refractivity contribution >= 4 is 0 Å². The molecule has 0 aliphatic rings. The molecule has 0 spiro atoms. The van der Waals surface area contributed by atoms with Crippen LogP contribution in [0.15, 0.2) is 171 Å². The normalized spacial score (nSPS) is 11.3. The summed E-state index contributed by atoms with van der Waals surface area (Å²) in [6, 6.07) is 40.9. The summed E-state index contributed by atoms with van der Waals surface area (Å²) in [4.78, 5) is 28.1. The zero-order valence-electron chi connectivity index (χ0n) is 25.9. The molecule has 0 fully saturated rings. The molecule has 0 aliphatic heterocycles. The summed E-state index contributed by atoms with van der Waals surface area (Å²) in [5, 5.41) is 0. The first-order valence-corrected chi connectivity index (χ1v) is 15.7. The minimum absolute atomic E-state index is 0.0829. The topological polar surface area (TPSA) is 87.2 Å². The maximum atomic E-state index is 4.74. The molecule has 0 amide bonds. The van der Waals surface area contributed by atoms with E-state index in [9.17, 15) is 0 Å². The van der Waals surface area contributed by atoms with Crippen molar-refractivity contribution in [3.63, 3.8) is 0 Å². The Morgan fingerprint density at radius 1 is 0.333 bits per heavy atom. The monoisotopic (exact) mass is 622 g/mol. The largest absolute Gasteiger partial charge is 0.297 e. The zero-order valence-corrected chi connectivity index (χ0v) is 25.9. The lowest BCUT2D eigenvalue weighted by atomic mass is 9.91. The summed E-state index contributed by atoms with van der Waals surface area (Å²) in [6.07, 6.45) is 14.8. The van der Waals surface area contributed by atoms with Crippen molar-refractivity contribution in [3.05, 3.63) is 205 Å². The van der Waals surface area contributed by atoms with Gasteiger partial charge in [0.1, 0.15) is 0 Å². The lowest BCUT2D eigenvalue weighted by Crippen LogP contribution is -2.08. The van der Waals surface area contributed by atoms with E-state index in [1.807, 2.05) is 110 Å². The van der Waals surface area contributed by atoms with E-state index in [0.717, 1.165) is 56.9 Å². The number of pyridine rings is 4. The molecule has 0 aliphatic carbocycles. The van der Waals surface area contributed by atoms with Gasteiger partial charge in [0.25, 0.3) is 0 Å². The third-order valence-electron chi connectivity index (χ3n) is 8.42. The van der Waals surface area contributed by atoms with Gasteiger partial charge in [0, 0.05) is 60.9 Å². The van der Waals surface area contributed by atoms with Gasteiger partial charge in [0.15, 0.2) is 11.6 Å². The Morgan fingerprint density at radius 3 is 0.958 bits per heavy atom. The Labute approximate surface area is 278 Å². The standard InChI is InChI=1S/C40H30N8/c1-5-21-41-33(9-1)37(34-10-2-6-22-42-34)29-13-17-31(18-14-29)47-27-25-45-39(47)40-46-26-28-48(40)32-19-15-30(16-20-32)38(35-11-3-7-23-43-35)36-12-4-8-24-44-36/h1-28,37-38H. The third kappa shape index (κ3) is 5.67. The van der Waals surface area contributed by atoms with Crippen LogP contribution in [0, 0.1) is 0 Å². The summed E-state index contributed by atoms with van der Waals surface area (Å²) < 4.78 is 4.12. The van der Waals surface area contributed by atoms with Crippen LogP contribution in [0.4, 0.5) is 0 Å². The maximum absolute atomic E-state index is 4.74. The van der Waals surface area contributed by atoms with Crippen molar-refractivity contribution in [1.29, 1.82) is 0 Å². The minimum atomic E-state index is -0.0829. The third-order valence-corrected chi connectivity index (χ3v) is 8.42. The molecule has 48 heavy (non-hydrogen) atoms. The first-order valence-electron chi connectivity index (χ1n) is 15.7. The summed E-state index contributed by atoms with van der Waals surface area (Å²) in [5.41, 5.74) is 7.97. The van der Waals surface area contributed by atoms with Crippen molar-refractivity contribution in [2.75, 3.05) is 0 Å². The van der Waals surface area contributed by atoms with Gasteiger partial charge >= 0.3 is 0 Å². The number of imidazole rings is 2. The molecule has 230 valence electrons. The number of aromatic nitrogens is 8. The van der Waals surface area contributed by atoms with E-state index in [2.05, 4.69) is 77.6 Å². The molecule has 2 aromatic carbocycles. The van der Waals surface area contributed by atoms with Crippen molar-refractivity contribution in [1.82, 2.24) is 39.0 Å². The molecule has 0 bridgehead atoms. The summed E-state index contributed by atoms with van der Waals surface area (Å²) in [6.45, 7) is 0. The summed E-state index contributed by atoms with van der Waals surface area (Å²) in [5.74, 6) is 1.31. The van der Waals surface area contributed by atoms with Gasteiger partial charge < -0.3 is 0 Å². The van der Waals surface area contributed by atoms with Crippen LogP contribution in [0.2, 0.25) is 0 Å². The number of rotatable bonds is 9. The zero-order chi connectivity index (χ0) is 32.1. The predicted octanol–water partition coefficient (Wildman–Crippen LogP) is 7.67. The van der Waals surface area contributed by atoms with Gasteiger partial charge in [-0.3, -0.25) is 29.1 Å². The van der Waals surface area contributed by atoms with Crippen LogP contribution in [0.25, 0.3) is 23.0 Å². The smallest absolute Gasteiger partial charge is 0.181 e.